The molecule has 0 saturated carbocycles. The van der Waals surface area contributed by atoms with E-state index in [1.165, 1.54) is 11.4 Å². The van der Waals surface area contributed by atoms with Crippen LogP contribution in [0.3, 0.4) is 0 Å². The van der Waals surface area contributed by atoms with Crippen LogP contribution in [0.1, 0.15) is 19.3 Å². The van der Waals surface area contributed by atoms with E-state index in [4.69, 9.17) is 10.9 Å². The maximum absolute atomic E-state index is 12.0. The van der Waals surface area contributed by atoms with Gasteiger partial charge in [-0.05, 0) is 12.8 Å². The molecule has 8 heteroatoms. The molecule has 0 aromatic carbocycles. The number of likely N-dealkylation sites (N-methyl/N-ethyl adjacent to an activating group) is 1. The Morgan fingerprint density at radius 2 is 2.00 bits per heavy atom. The number of hydrogen-bond donors (Lipinski definition) is 2. The van der Waals surface area contributed by atoms with Crippen LogP contribution in [0.4, 0.5) is 0 Å². The maximum atomic E-state index is 12.0. The highest BCUT2D eigenvalue weighted by Gasteiger charge is 2.28. The summed E-state index contributed by atoms with van der Waals surface area (Å²) in [6.45, 7) is 0.987. The van der Waals surface area contributed by atoms with E-state index in [0.717, 1.165) is 23.6 Å². The lowest BCUT2D eigenvalue weighted by Crippen LogP contribution is -2.46. The van der Waals surface area contributed by atoms with E-state index >= 15 is 0 Å². The minimum absolute atomic E-state index is 0.102. The van der Waals surface area contributed by atoms with Crippen molar-refractivity contribution in [2.75, 3.05) is 26.7 Å². The largest absolute Gasteiger partial charge is 0.409 e. The number of hydrogen-bond acceptors (Lipinski definition) is 4. The number of amidine groups is 1. The van der Waals surface area contributed by atoms with Gasteiger partial charge in [0.1, 0.15) is 0 Å². The van der Waals surface area contributed by atoms with E-state index in [-0.39, 0.29) is 12.4 Å². The van der Waals surface area contributed by atoms with Crippen molar-refractivity contribution in [3.63, 3.8) is 0 Å². The van der Waals surface area contributed by atoms with Crippen LogP contribution >= 0.6 is 0 Å². The van der Waals surface area contributed by atoms with Crippen LogP contribution in [0.15, 0.2) is 5.16 Å². The van der Waals surface area contributed by atoms with Gasteiger partial charge in [-0.3, -0.25) is 0 Å². The van der Waals surface area contributed by atoms with Crippen LogP contribution in [0.5, 0.6) is 0 Å². The first-order valence-electron chi connectivity index (χ1n) is 5.16. The summed E-state index contributed by atoms with van der Waals surface area (Å²) >= 11 is 0. The molecule has 1 aliphatic rings. The molecule has 94 valence electrons. The number of nitrogens with zero attached hydrogens (tertiary/aromatic N) is 3. The third kappa shape index (κ3) is 3.06. The Labute approximate surface area is 95.7 Å². The molecule has 0 aliphatic carbocycles. The molecule has 0 aromatic rings. The Hall–Kier alpha value is -0.860. The molecule has 0 aromatic heterocycles. The van der Waals surface area contributed by atoms with E-state index in [1.807, 2.05) is 0 Å². The summed E-state index contributed by atoms with van der Waals surface area (Å²) in [5.41, 5.74) is 5.28. The first kappa shape index (κ1) is 13.2. The fourth-order valence-electron chi connectivity index (χ4n) is 1.63. The monoisotopic (exact) mass is 250 g/mol. The Balaban J connectivity index is 2.68. The average Bonchev–Trinajstić information content (AvgIpc) is 2.29. The van der Waals surface area contributed by atoms with Crippen molar-refractivity contribution in [2.24, 2.45) is 10.9 Å². The predicted molar refractivity (Wildman–Crippen MR) is 60.4 cm³/mol. The second-order valence-electron chi connectivity index (χ2n) is 3.81. The summed E-state index contributed by atoms with van der Waals surface area (Å²) in [5.74, 6) is -0.122. The maximum Gasteiger partial charge on any atom is 0.282 e. The Kier molecular flexibility index (Phi) is 4.51. The minimum atomic E-state index is -3.47. The number of oxime groups is 1. The first-order valence-corrected chi connectivity index (χ1v) is 6.56. The van der Waals surface area contributed by atoms with Crippen molar-refractivity contribution in [1.29, 1.82) is 0 Å². The van der Waals surface area contributed by atoms with E-state index in [1.54, 1.807) is 0 Å². The third-order valence-electron chi connectivity index (χ3n) is 2.55. The quantitative estimate of drug-likeness (QED) is 0.301. The molecule has 0 bridgehead atoms. The zero-order valence-corrected chi connectivity index (χ0v) is 10.2. The van der Waals surface area contributed by atoms with Crippen LogP contribution in [-0.2, 0) is 10.2 Å². The molecular weight excluding hydrogens is 232 g/mol. The van der Waals surface area contributed by atoms with Crippen LogP contribution in [0, 0.1) is 0 Å². The summed E-state index contributed by atoms with van der Waals surface area (Å²) in [4.78, 5) is 0. The highest BCUT2D eigenvalue weighted by Crippen LogP contribution is 2.14. The van der Waals surface area contributed by atoms with Crippen molar-refractivity contribution >= 4 is 16.0 Å². The number of rotatable bonds is 4. The zero-order chi connectivity index (χ0) is 12.2. The summed E-state index contributed by atoms with van der Waals surface area (Å²) in [6.07, 6.45) is 2.84. The molecule has 1 saturated heterocycles. The fraction of sp³-hybridized carbons (Fsp3) is 0.875. The first-order chi connectivity index (χ1) is 7.48. The normalized spacial score (nSPS) is 20.2. The molecule has 16 heavy (non-hydrogen) atoms. The summed E-state index contributed by atoms with van der Waals surface area (Å²) < 4.78 is 26.5. The van der Waals surface area contributed by atoms with Gasteiger partial charge in [0.15, 0.2) is 5.84 Å². The molecule has 0 spiro atoms. The van der Waals surface area contributed by atoms with E-state index in [0.29, 0.717) is 13.1 Å². The molecule has 1 fully saturated rings. The smallest absolute Gasteiger partial charge is 0.282 e. The third-order valence-corrected chi connectivity index (χ3v) is 4.48. The molecule has 1 rings (SSSR count). The van der Waals surface area contributed by atoms with Gasteiger partial charge in [0.05, 0.1) is 6.54 Å². The molecule has 1 heterocycles. The molecule has 0 atom stereocenters. The van der Waals surface area contributed by atoms with Gasteiger partial charge in [0.2, 0.25) is 0 Å². The van der Waals surface area contributed by atoms with Crippen molar-refractivity contribution < 1.29 is 13.6 Å². The minimum Gasteiger partial charge on any atom is -0.409 e. The Morgan fingerprint density at radius 3 is 2.50 bits per heavy atom. The van der Waals surface area contributed by atoms with E-state index < -0.39 is 10.2 Å². The van der Waals surface area contributed by atoms with Gasteiger partial charge in [-0.15, -0.1) is 0 Å². The van der Waals surface area contributed by atoms with E-state index in [9.17, 15) is 8.42 Å². The second kappa shape index (κ2) is 5.46. The standard InChI is InChI=1S/C8H18N4O3S/c1-11(7-8(9)10-13)16(14,15)12-5-3-2-4-6-12/h13H,2-7H2,1H3,(H2,9,10). The Bertz CT molecular complexity index is 348. The molecular formula is C8H18N4O3S. The van der Waals surface area contributed by atoms with Crippen molar-refractivity contribution in [3.05, 3.63) is 0 Å². The van der Waals surface area contributed by atoms with Crippen molar-refractivity contribution in [3.8, 4) is 0 Å². The topological polar surface area (TPSA) is 99.2 Å². The highest BCUT2D eigenvalue weighted by molar-refractivity contribution is 7.86. The van der Waals surface area contributed by atoms with Gasteiger partial charge in [-0.1, -0.05) is 11.6 Å². The van der Waals surface area contributed by atoms with Crippen LogP contribution in [0.2, 0.25) is 0 Å². The van der Waals surface area contributed by atoms with Gasteiger partial charge in [0.25, 0.3) is 10.2 Å². The number of piperidine rings is 1. The molecule has 7 nitrogen and oxygen atoms in total. The second-order valence-corrected chi connectivity index (χ2v) is 5.85. The fourth-order valence-corrected chi connectivity index (χ4v) is 3.04. The molecule has 1 aliphatic heterocycles. The van der Waals surface area contributed by atoms with Gasteiger partial charge in [-0.25, -0.2) is 0 Å². The van der Waals surface area contributed by atoms with Gasteiger partial charge < -0.3 is 10.9 Å². The zero-order valence-electron chi connectivity index (χ0n) is 9.33. The van der Waals surface area contributed by atoms with Crippen LogP contribution in [0.25, 0.3) is 0 Å². The van der Waals surface area contributed by atoms with Crippen LogP contribution in [-0.4, -0.2) is 54.8 Å². The van der Waals surface area contributed by atoms with Gasteiger partial charge in [0, 0.05) is 20.1 Å². The van der Waals surface area contributed by atoms with Crippen molar-refractivity contribution in [2.45, 2.75) is 19.3 Å². The SMILES string of the molecule is CN(CC(N)=NO)S(=O)(=O)N1CCCCC1. The summed E-state index contributed by atoms with van der Waals surface area (Å²) in [6, 6.07) is 0. The molecule has 0 amide bonds. The van der Waals surface area contributed by atoms with Gasteiger partial charge in [-0.2, -0.15) is 17.0 Å². The Morgan fingerprint density at radius 1 is 1.44 bits per heavy atom. The van der Waals surface area contributed by atoms with Crippen molar-refractivity contribution in [1.82, 2.24) is 8.61 Å². The molecule has 0 radical (unpaired) electrons. The molecule has 0 unspecified atom stereocenters. The lowest BCUT2D eigenvalue weighted by molar-refractivity contribution is 0.310. The lowest BCUT2D eigenvalue weighted by Gasteiger charge is -2.29. The highest BCUT2D eigenvalue weighted by atomic mass is 32.2. The van der Waals surface area contributed by atoms with Gasteiger partial charge >= 0.3 is 0 Å². The average molecular weight is 250 g/mol. The predicted octanol–water partition coefficient (Wildman–Crippen LogP) is -0.605. The lowest BCUT2D eigenvalue weighted by atomic mass is 10.2. The van der Waals surface area contributed by atoms with Crippen LogP contribution < -0.4 is 5.73 Å². The molecule has 3 N–H and O–H groups in total. The summed E-state index contributed by atoms with van der Waals surface area (Å²) in [7, 11) is -2.05. The number of nitrogens with two attached hydrogens (primary N) is 1. The summed E-state index contributed by atoms with van der Waals surface area (Å²) in [5, 5.41) is 11.1. The van der Waals surface area contributed by atoms with E-state index in [2.05, 4.69) is 5.16 Å².